The zero-order valence-corrected chi connectivity index (χ0v) is 13.0. The van der Waals surface area contributed by atoms with Gasteiger partial charge in [-0.3, -0.25) is 19.2 Å². The van der Waals surface area contributed by atoms with Crippen LogP contribution in [0.2, 0.25) is 0 Å². The number of hydrogen-bond acceptors (Lipinski definition) is 6. The molecule has 0 spiro atoms. The summed E-state index contributed by atoms with van der Waals surface area (Å²) < 4.78 is 9.40. The summed E-state index contributed by atoms with van der Waals surface area (Å²) in [5.74, 6) is -4.15. The standard InChI is InChI=1S/C8H12O4.C6H10O4/c1-5-8(4,11-6(2)9)12-7(3)10;7-5(8)3-1-2-4-6(9)10/h5H,1H2,2-4H3;1-4H2,(H,7,8)(H,9,10). The van der Waals surface area contributed by atoms with Gasteiger partial charge in [0.05, 0.1) is 0 Å². The minimum Gasteiger partial charge on any atom is -0.481 e. The lowest BCUT2D eigenvalue weighted by Gasteiger charge is -2.24. The molecule has 8 nitrogen and oxygen atoms in total. The van der Waals surface area contributed by atoms with E-state index in [2.05, 4.69) is 6.58 Å². The van der Waals surface area contributed by atoms with Gasteiger partial charge in [-0.15, -0.1) is 0 Å². The summed E-state index contributed by atoms with van der Waals surface area (Å²) >= 11 is 0. The van der Waals surface area contributed by atoms with E-state index in [1.165, 1.54) is 26.8 Å². The van der Waals surface area contributed by atoms with Crippen LogP contribution in [0.4, 0.5) is 0 Å². The van der Waals surface area contributed by atoms with Crippen LogP contribution < -0.4 is 0 Å². The van der Waals surface area contributed by atoms with Crippen LogP contribution in [-0.4, -0.2) is 39.9 Å². The van der Waals surface area contributed by atoms with Gasteiger partial charge in [-0.1, -0.05) is 6.58 Å². The Morgan fingerprint density at radius 1 is 0.955 bits per heavy atom. The highest BCUT2D eigenvalue weighted by Gasteiger charge is 2.26. The molecule has 0 radical (unpaired) electrons. The van der Waals surface area contributed by atoms with E-state index in [0.717, 1.165) is 0 Å². The van der Waals surface area contributed by atoms with E-state index in [0.29, 0.717) is 12.8 Å². The molecule has 0 fully saturated rings. The summed E-state index contributed by atoms with van der Waals surface area (Å²) in [7, 11) is 0. The van der Waals surface area contributed by atoms with Crippen molar-refractivity contribution in [3.63, 3.8) is 0 Å². The van der Waals surface area contributed by atoms with Crippen molar-refractivity contribution >= 4 is 23.9 Å². The van der Waals surface area contributed by atoms with Crippen LogP contribution in [0, 0.1) is 0 Å². The number of unbranched alkanes of at least 4 members (excludes halogenated alkanes) is 1. The monoisotopic (exact) mass is 318 g/mol. The van der Waals surface area contributed by atoms with Gasteiger partial charge in [0, 0.05) is 33.6 Å². The van der Waals surface area contributed by atoms with Crippen molar-refractivity contribution in [1.82, 2.24) is 0 Å². The van der Waals surface area contributed by atoms with Crippen molar-refractivity contribution in [2.24, 2.45) is 0 Å². The third kappa shape index (κ3) is 15.7. The van der Waals surface area contributed by atoms with E-state index >= 15 is 0 Å². The van der Waals surface area contributed by atoms with Gasteiger partial charge < -0.3 is 19.7 Å². The molecule has 0 rings (SSSR count). The average molecular weight is 318 g/mol. The lowest BCUT2D eigenvalue weighted by Crippen LogP contribution is -2.33. The van der Waals surface area contributed by atoms with Gasteiger partial charge in [0.25, 0.3) is 5.79 Å². The number of ether oxygens (including phenoxy) is 2. The molecule has 0 aromatic rings. The number of rotatable bonds is 8. The smallest absolute Gasteiger partial charge is 0.306 e. The van der Waals surface area contributed by atoms with Crippen LogP contribution in [0.1, 0.15) is 46.5 Å². The first-order valence-electron chi connectivity index (χ1n) is 6.48. The molecular formula is C14H22O8. The molecule has 0 amide bonds. The van der Waals surface area contributed by atoms with Crippen LogP contribution in [0.25, 0.3) is 0 Å². The highest BCUT2D eigenvalue weighted by atomic mass is 16.7. The quantitative estimate of drug-likeness (QED) is 0.300. The van der Waals surface area contributed by atoms with E-state index in [-0.39, 0.29) is 12.8 Å². The lowest BCUT2D eigenvalue weighted by atomic mass is 10.2. The fourth-order valence-corrected chi connectivity index (χ4v) is 1.23. The second-order valence-corrected chi connectivity index (χ2v) is 4.40. The molecule has 0 saturated heterocycles. The molecule has 0 bridgehead atoms. The molecule has 0 atom stereocenters. The summed E-state index contributed by atoms with van der Waals surface area (Å²) in [6.45, 7) is 7.27. The molecule has 0 aliphatic rings. The number of aliphatic carboxylic acids is 2. The second-order valence-electron chi connectivity index (χ2n) is 4.40. The summed E-state index contributed by atoms with van der Waals surface area (Å²) in [4.78, 5) is 40.9. The second kappa shape index (κ2) is 11.3. The van der Waals surface area contributed by atoms with Crippen molar-refractivity contribution in [2.45, 2.75) is 52.2 Å². The van der Waals surface area contributed by atoms with Crippen molar-refractivity contribution < 1.29 is 38.9 Å². The van der Waals surface area contributed by atoms with Gasteiger partial charge in [0.15, 0.2) is 0 Å². The Balaban J connectivity index is 0. The van der Waals surface area contributed by atoms with E-state index in [4.69, 9.17) is 19.7 Å². The van der Waals surface area contributed by atoms with Gasteiger partial charge in [-0.05, 0) is 18.9 Å². The number of carbonyl (C=O) groups is 4. The maximum atomic E-state index is 10.5. The first kappa shape index (κ1) is 21.9. The zero-order valence-electron chi connectivity index (χ0n) is 13.0. The third-order valence-electron chi connectivity index (χ3n) is 2.09. The SMILES string of the molecule is C=CC(C)(OC(C)=O)OC(C)=O.O=C(O)CCCCC(=O)O. The topological polar surface area (TPSA) is 127 Å². The van der Waals surface area contributed by atoms with Crippen LogP contribution in [0.5, 0.6) is 0 Å². The van der Waals surface area contributed by atoms with Crippen LogP contribution in [-0.2, 0) is 28.7 Å². The van der Waals surface area contributed by atoms with Crippen molar-refractivity contribution in [2.75, 3.05) is 0 Å². The zero-order chi connectivity index (χ0) is 17.8. The molecule has 0 saturated carbocycles. The van der Waals surface area contributed by atoms with E-state index in [1.54, 1.807) is 0 Å². The van der Waals surface area contributed by atoms with Gasteiger partial charge >= 0.3 is 23.9 Å². The molecule has 0 aromatic heterocycles. The fourth-order valence-electron chi connectivity index (χ4n) is 1.23. The largest absolute Gasteiger partial charge is 0.481 e. The molecule has 126 valence electrons. The lowest BCUT2D eigenvalue weighted by molar-refractivity contribution is -0.203. The molecule has 0 aliphatic carbocycles. The first-order chi connectivity index (χ1) is 10.0. The summed E-state index contributed by atoms with van der Waals surface area (Å²) in [5.41, 5.74) is 0. The Kier molecular flexibility index (Phi) is 11.3. The molecule has 0 aliphatic heterocycles. The fraction of sp³-hybridized carbons (Fsp3) is 0.571. The number of carbonyl (C=O) groups excluding carboxylic acids is 2. The predicted molar refractivity (Wildman–Crippen MR) is 75.9 cm³/mol. The number of carboxylic acid groups (broad SMARTS) is 2. The third-order valence-corrected chi connectivity index (χ3v) is 2.09. The van der Waals surface area contributed by atoms with Crippen molar-refractivity contribution in [3.05, 3.63) is 12.7 Å². The van der Waals surface area contributed by atoms with E-state index in [9.17, 15) is 19.2 Å². The van der Waals surface area contributed by atoms with Gasteiger partial charge in [-0.25, -0.2) is 0 Å². The Bertz CT molecular complexity index is 381. The Labute approximate surface area is 128 Å². The average Bonchev–Trinajstić information content (AvgIpc) is 2.33. The Morgan fingerprint density at radius 3 is 1.45 bits per heavy atom. The minimum atomic E-state index is -1.35. The van der Waals surface area contributed by atoms with E-state index in [1.807, 2.05) is 0 Å². The van der Waals surface area contributed by atoms with Crippen LogP contribution in [0.3, 0.4) is 0 Å². The molecule has 8 heteroatoms. The van der Waals surface area contributed by atoms with Crippen molar-refractivity contribution in [3.8, 4) is 0 Å². The molecule has 0 heterocycles. The Morgan fingerprint density at radius 2 is 1.27 bits per heavy atom. The van der Waals surface area contributed by atoms with Gasteiger partial charge in [0.1, 0.15) is 0 Å². The number of esters is 2. The van der Waals surface area contributed by atoms with Crippen LogP contribution >= 0.6 is 0 Å². The predicted octanol–water partition coefficient (Wildman–Crippen LogP) is 1.73. The molecule has 0 unspecified atom stereocenters. The molecule has 22 heavy (non-hydrogen) atoms. The van der Waals surface area contributed by atoms with Gasteiger partial charge in [-0.2, -0.15) is 0 Å². The van der Waals surface area contributed by atoms with E-state index < -0.39 is 29.7 Å². The highest BCUT2D eigenvalue weighted by Crippen LogP contribution is 2.13. The first-order valence-corrected chi connectivity index (χ1v) is 6.48. The maximum absolute atomic E-state index is 10.5. The summed E-state index contributed by atoms with van der Waals surface area (Å²) in [6, 6.07) is 0. The van der Waals surface area contributed by atoms with Crippen molar-refractivity contribution in [1.29, 1.82) is 0 Å². The molecular weight excluding hydrogens is 296 g/mol. The summed E-state index contributed by atoms with van der Waals surface area (Å²) in [5, 5.41) is 16.3. The summed E-state index contributed by atoms with van der Waals surface area (Å²) in [6.07, 6.45) is 2.26. The number of hydrogen-bond donors (Lipinski definition) is 2. The Hall–Kier alpha value is -2.38. The maximum Gasteiger partial charge on any atom is 0.306 e. The van der Waals surface area contributed by atoms with Gasteiger partial charge in [0.2, 0.25) is 0 Å². The molecule has 0 aromatic carbocycles. The highest BCUT2D eigenvalue weighted by molar-refractivity contribution is 5.69. The minimum absolute atomic E-state index is 0.0628. The molecule has 2 N–H and O–H groups in total. The normalized spacial score (nSPS) is 9.77. The van der Waals surface area contributed by atoms with Crippen LogP contribution in [0.15, 0.2) is 12.7 Å². The number of carboxylic acids is 2.